The van der Waals surface area contributed by atoms with Crippen LogP contribution < -0.4 is 11.1 Å². The molecule has 0 aromatic rings. The summed E-state index contributed by atoms with van der Waals surface area (Å²) in [4.78, 5) is 14.4. The number of amides is 1. The van der Waals surface area contributed by atoms with Crippen molar-refractivity contribution >= 4 is 5.91 Å². The van der Waals surface area contributed by atoms with E-state index in [0.29, 0.717) is 18.5 Å². The van der Waals surface area contributed by atoms with Gasteiger partial charge in [0.05, 0.1) is 6.54 Å². The molecule has 1 heterocycles. The van der Waals surface area contributed by atoms with E-state index >= 15 is 0 Å². The number of carbonyl (C=O) groups excluding carboxylic acids is 1. The van der Waals surface area contributed by atoms with Gasteiger partial charge in [-0.2, -0.15) is 0 Å². The molecule has 1 aliphatic heterocycles. The molecule has 2 atom stereocenters. The van der Waals surface area contributed by atoms with Gasteiger partial charge in [0, 0.05) is 12.6 Å². The summed E-state index contributed by atoms with van der Waals surface area (Å²) in [5, 5.41) is 3.14. The van der Waals surface area contributed by atoms with Crippen molar-refractivity contribution in [1.82, 2.24) is 10.2 Å². The SMILES string of the molecule is CC(C)CCCC(C)NC(=O)CN1CCCC(CCN)C1. The van der Waals surface area contributed by atoms with Crippen LogP contribution in [0.3, 0.4) is 0 Å². The fourth-order valence-corrected chi connectivity index (χ4v) is 3.19. The molecule has 0 radical (unpaired) electrons. The standard InChI is InChI=1S/C17H35N3O/c1-14(2)6-4-7-15(3)19-17(21)13-20-11-5-8-16(12-20)9-10-18/h14-16H,4-13,18H2,1-3H3,(H,19,21). The lowest BCUT2D eigenvalue weighted by Gasteiger charge is -2.32. The highest BCUT2D eigenvalue weighted by Crippen LogP contribution is 2.18. The van der Waals surface area contributed by atoms with Gasteiger partial charge in [-0.15, -0.1) is 0 Å². The maximum Gasteiger partial charge on any atom is 0.234 e. The van der Waals surface area contributed by atoms with Crippen LogP contribution in [0.2, 0.25) is 0 Å². The van der Waals surface area contributed by atoms with Crippen LogP contribution >= 0.6 is 0 Å². The molecule has 2 unspecified atom stereocenters. The van der Waals surface area contributed by atoms with Crippen molar-refractivity contribution in [2.75, 3.05) is 26.2 Å². The number of likely N-dealkylation sites (tertiary alicyclic amines) is 1. The summed E-state index contributed by atoms with van der Waals surface area (Å²) in [6.45, 7) is 10.0. The van der Waals surface area contributed by atoms with Crippen LogP contribution in [0.25, 0.3) is 0 Å². The number of hydrogen-bond acceptors (Lipinski definition) is 3. The van der Waals surface area contributed by atoms with Crippen molar-refractivity contribution in [3.8, 4) is 0 Å². The van der Waals surface area contributed by atoms with E-state index in [9.17, 15) is 4.79 Å². The van der Waals surface area contributed by atoms with E-state index in [1.54, 1.807) is 0 Å². The second kappa shape index (κ2) is 10.2. The molecule has 4 nitrogen and oxygen atoms in total. The predicted octanol–water partition coefficient (Wildman–Crippen LogP) is 2.38. The van der Waals surface area contributed by atoms with Crippen LogP contribution in [0.15, 0.2) is 0 Å². The van der Waals surface area contributed by atoms with Gasteiger partial charge in [-0.05, 0) is 57.5 Å². The molecule has 4 heteroatoms. The van der Waals surface area contributed by atoms with E-state index in [1.807, 2.05) is 0 Å². The summed E-state index contributed by atoms with van der Waals surface area (Å²) in [7, 11) is 0. The van der Waals surface area contributed by atoms with Crippen LogP contribution in [0, 0.1) is 11.8 Å². The zero-order chi connectivity index (χ0) is 15.7. The highest BCUT2D eigenvalue weighted by Gasteiger charge is 2.21. The van der Waals surface area contributed by atoms with Crippen molar-refractivity contribution in [3.63, 3.8) is 0 Å². The molecule has 0 bridgehead atoms. The molecule has 124 valence electrons. The van der Waals surface area contributed by atoms with Crippen LogP contribution in [0.4, 0.5) is 0 Å². The average Bonchev–Trinajstić information content (AvgIpc) is 2.38. The van der Waals surface area contributed by atoms with Crippen molar-refractivity contribution in [1.29, 1.82) is 0 Å². The molecule has 21 heavy (non-hydrogen) atoms. The molecule has 0 aliphatic carbocycles. The smallest absolute Gasteiger partial charge is 0.234 e. The normalized spacial score (nSPS) is 21.5. The molecule has 0 spiro atoms. The lowest BCUT2D eigenvalue weighted by atomic mass is 9.95. The first-order chi connectivity index (χ1) is 10.0. The highest BCUT2D eigenvalue weighted by molar-refractivity contribution is 5.78. The Hall–Kier alpha value is -0.610. The van der Waals surface area contributed by atoms with Crippen molar-refractivity contribution < 1.29 is 4.79 Å². The maximum absolute atomic E-state index is 12.1. The fraction of sp³-hybridized carbons (Fsp3) is 0.941. The van der Waals surface area contributed by atoms with Crippen molar-refractivity contribution in [2.24, 2.45) is 17.6 Å². The third kappa shape index (κ3) is 8.42. The van der Waals surface area contributed by atoms with Crippen LogP contribution in [0.1, 0.15) is 59.3 Å². The first-order valence-electron chi connectivity index (χ1n) is 8.73. The predicted molar refractivity (Wildman–Crippen MR) is 89.1 cm³/mol. The van der Waals surface area contributed by atoms with Gasteiger partial charge in [0.15, 0.2) is 0 Å². The van der Waals surface area contributed by atoms with Gasteiger partial charge in [0.25, 0.3) is 0 Å². The first-order valence-corrected chi connectivity index (χ1v) is 8.73. The molecule has 0 aromatic heterocycles. The van der Waals surface area contributed by atoms with Gasteiger partial charge in [-0.1, -0.05) is 26.7 Å². The Morgan fingerprint density at radius 1 is 1.33 bits per heavy atom. The van der Waals surface area contributed by atoms with E-state index in [2.05, 4.69) is 31.0 Å². The molecule has 1 amide bonds. The van der Waals surface area contributed by atoms with E-state index in [4.69, 9.17) is 5.73 Å². The van der Waals surface area contributed by atoms with E-state index in [0.717, 1.165) is 38.4 Å². The number of nitrogens with zero attached hydrogens (tertiary/aromatic N) is 1. The quantitative estimate of drug-likeness (QED) is 0.687. The van der Waals surface area contributed by atoms with Gasteiger partial charge in [-0.3, -0.25) is 9.69 Å². The van der Waals surface area contributed by atoms with Gasteiger partial charge in [0.1, 0.15) is 0 Å². The zero-order valence-electron chi connectivity index (χ0n) is 14.2. The van der Waals surface area contributed by atoms with E-state index in [-0.39, 0.29) is 5.91 Å². The minimum absolute atomic E-state index is 0.181. The molecular formula is C17H35N3O. The molecule has 0 saturated carbocycles. The monoisotopic (exact) mass is 297 g/mol. The van der Waals surface area contributed by atoms with Gasteiger partial charge >= 0.3 is 0 Å². The van der Waals surface area contributed by atoms with Crippen LogP contribution in [0.5, 0.6) is 0 Å². The molecule has 1 aliphatic rings. The molecule has 1 saturated heterocycles. The second-order valence-corrected chi connectivity index (χ2v) is 7.11. The number of carbonyl (C=O) groups is 1. The summed E-state index contributed by atoms with van der Waals surface area (Å²) >= 11 is 0. The molecule has 1 rings (SSSR count). The summed E-state index contributed by atoms with van der Waals surface area (Å²) in [5.41, 5.74) is 5.64. The number of piperidine rings is 1. The molecule has 0 aromatic carbocycles. The minimum Gasteiger partial charge on any atom is -0.353 e. The Kier molecular flexibility index (Phi) is 8.93. The lowest BCUT2D eigenvalue weighted by Crippen LogP contribution is -2.44. The summed E-state index contributed by atoms with van der Waals surface area (Å²) < 4.78 is 0. The maximum atomic E-state index is 12.1. The Morgan fingerprint density at radius 3 is 2.76 bits per heavy atom. The summed E-state index contributed by atoms with van der Waals surface area (Å²) in [6, 6.07) is 0.292. The van der Waals surface area contributed by atoms with Gasteiger partial charge < -0.3 is 11.1 Å². The highest BCUT2D eigenvalue weighted by atomic mass is 16.2. The van der Waals surface area contributed by atoms with E-state index < -0.39 is 0 Å². The fourth-order valence-electron chi connectivity index (χ4n) is 3.19. The largest absolute Gasteiger partial charge is 0.353 e. The van der Waals surface area contributed by atoms with Crippen molar-refractivity contribution in [2.45, 2.75) is 65.3 Å². The van der Waals surface area contributed by atoms with Gasteiger partial charge in [0.2, 0.25) is 5.91 Å². The number of hydrogen-bond donors (Lipinski definition) is 2. The molecule has 3 N–H and O–H groups in total. The lowest BCUT2D eigenvalue weighted by molar-refractivity contribution is -0.123. The first kappa shape index (κ1) is 18.4. The summed E-state index contributed by atoms with van der Waals surface area (Å²) in [5.74, 6) is 1.61. The summed E-state index contributed by atoms with van der Waals surface area (Å²) in [6.07, 6.45) is 7.07. The van der Waals surface area contributed by atoms with Gasteiger partial charge in [-0.25, -0.2) is 0 Å². The Balaban J connectivity index is 2.20. The van der Waals surface area contributed by atoms with Crippen LogP contribution in [-0.4, -0.2) is 43.0 Å². The van der Waals surface area contributed by atoms with Crippen molar-refractivity contribution in [3.05, 3.63) is 0 Å². The van der Waals surface area contributed by atoms with E-state index in [1.165, 1.54) is 25.7 Å². The topological polar surface area (TPSA) is 58.4 Å². The third-order valence-corrected chi connectivity index (χ3v) is 4.37. The molecular weight excluding hydrogens is 262 g/mol. The number of nitrogens with one attached hydrogen (secondary N) is 1. The second-order valence-electron chi connectivity index (χ2n) is 7.11. The Morgan fingerprint density at radius 2 is 2.10 bits per heavy atom. The number of nitrogens with two attached hydrogens (primary N) is 1. The zero-order valence-corrected chi connectivity index (χ0v) is 14.2. The third-order valence-electron chi connectivity index (χ3n) is 4.37. The minimum atomic E-state index is 0.181. The Bertz CT molecular complexity index is 292. The van der Waals surface area contributed by atoms with Crippen LogP contribution in [-0.2, 0) is 4.79 Å². The number of rotatable bonds is 9. The Labute approximate surface area is 130 Å². The average molecular weight is 297 g/mol. The molecule has 1 fully saturated rings.